The van der Waals surface area contributed by atoms with Crippen molar-refractivity contribution < 1.29 is 14.3 Å². The molecule has 2 N–H and O–H groups in total. The van der Waals surface area contributed by atoms with E-state index < -0.39 is 0 Å². The lowest BCUT2D eigenvalue weighted by atomic mass is 9.89. The summed E-state index contributed by atoms with van der Waals surface area (Å²) in [7, 11) is 0. The Bertz CT molecular complexity index is 578. The molecule has 3 heterocycles. The molecular formula is C16H21N3O3. The molecule has 0 bridgehead atoms. The number of ether oxygens (including phenoxy) is 2. The Morgan fingerprint density at radius 3 is 3.09 bits per heavy atom. The second-order valence-electron chi connectivity index (χ2n) is 6.32. The van der Waals surface area contributed by atoms with Crippen molar-refractivity contribution in [3.8, 4) is 11.5 Å². The van der Waals surface area contributed by atoms with E-state index in [0.717, 1.165) is 43.5 Å². The highest BCUT2D eigenvalue weighted by atomic mass is 16.7. The molecule has 2 fully saturated rings. The van der Waals surface area contributed by atoms with Crippen LogP contribution in [0.4, 0.5) is 5.69 Å². The van der Waals surface area contributed by atoms with E-state index in [1.165, 1.54) is 6.42 Å². The van der Waals surface area contributed by atoms with Crippen molar-refractivity contribution in [3.05, 3.63) is 18.2 Å². The average Bonchev–Trinajstić information content (AvgIpc) is 3.14. The minimum Gasteiger partial charge on any atom is -0.454 e. The fraction of sp³-hybridized carbons (Fsp3) is 0.562. The topological polar surface area (TPSA) is 62.8 Å². The van der Waals surface area contributed by atoms with E-state index in [-0.39, 0.29) is 12.7 Å². The number of hydrogen-bond donors (Lipinski definition) is 2. The van der Waals surface area contributed by atoms with Crippen molar-refractivity contribution >= 4 is 11.6 Å². The minimum absolute atomic E-state index is 0.0308. The molecule has 1 aromatic rings. The molecular weight excluding hydrogens is 282 g/mol. The first kappa shape index (κ1) is 13.8. The number of hydrogen-bond acceptors (Lipinski definition) is 5. The van der Waals surface area contributed by atoms with Crippen molar-refractivity contribution in [2.45, 2.75) is 6.42 Å². The molecule has 4 rings (SSSR count). The number of likely N-dealkylation sites (tertiary alicyclic amines) is 1. The molecule has 118 valence electrons. The molecule has 0 aliphatic carbocycles. The number of nitrogens with zero attached hydrogens (tertiary/aromatic N) is 1. The van der Waals surface area contributed by atoms with Gasteiger partial charge in [0.1, 0.15) is 0 Å². The van der Waals surface area contributed by atoms with Crippen molar-refractivity contribution in [3.63, 3.8) is 0 Å². The van der Waals surface area contributed by atoms with Crippen molar-refractivity contribution in [2.24, 2.45) is 11.8 Å². The third kappa shape index (κ3) is 2.76. The van der Waals surface area contributed by atoms with E-state index in [9.17, 15) is 4.79 Å². The average molecular weight is 303 g/mol. The van der Waals surface area contributed by atoms with Crippen LogP contribution < -0.4 is 20.1 Å². The predicted molar refractivity (Wildman–Crippen MR) is 82.1 cm³/mol. The first-order chi connectivity index (χ1) is 10.8. The van der Waals surface area contributed by atoms with Crippen LogP contribution in [0.5, 0.6) is 11.5 Å². The van der Waals surface area contributed by atoms with Crippen LogP contribution in [-0.2, 0) is 4.79 Å². The number of nitrogens with one attached hydrogen (secondary N) is 2. The molecule has 0 radical (unpaired) electrons. The highest BCUT2D eigenvalue weighted by molar-refractivity contribution is 5.92. The van der Waals surface area contributed by atoms with Gasteiger partial charge in [-0.05, 0) is 50.0 Å². The number of rotatable bonds is 3. The Balaban J connectivity index is 1.33. The van der Waals surface area contributed by atoms with Crippen LogP contribution in [0.2, 0.25) is 0 Å². The van der Waals surface area contributed by atoms with Gasteiger partial charge in [0.25, 0.3) is 0 Å². The summed E-state index contributed by atoms with van der Waals surface area (Å²) in [5, 5.41) is 6.40. The third-order valence-corrected chi connectivity index (χ3v) is 4.81. The molecule has 2 saturated heterocycles. The lowest BCUT2D eigenvalue weighted by molar-refractivity contribution is -0.117. The predicted octanol–water partition coefficient (Wildman–Crippen LogP) is 0.895. The van der Waals surface area contributed by atoms with Crippen LogP contribution in [-0.4, -0.2) is 50.3 Å². The Kier molecular flexibility index (Phi) is 3.63. The van der Waals surface area contributed by atoms with E-state index in [0.29, 0.717) is 18.2 Å². The maximum atomic E-state index is 12.2. The first-order valence-corrected chi connectivity index (χ1v) is 7.90. The molecule has 3 aliphatic heterocycles. The zero-order chi connectivity index (χ0) is 14.9. The quantitative estimate of drug-likeness (QED) is 0.868. The van der Waals surface area contributed by atoms with Gasteiger partial charge >= 0.3 is 0 Å². The SMILES string of the molecule is O=C(CN1CCC2CNCC2C1)Nc1ccc2c(c1)OCO2. The number of carbonyl (C=O) groups is 1. The Labute approximate surface area is 129 Å². The van der Waals surface area contributed by atoms with Gasteiger partial charge in [-0.3, -0.25) is 9.69 Å². The normalized spacial score (nSPS) is 26.7. The van der Waals surface area contributed by atoms with Crippen LogP contribution in [0.3, 0.4) is 0 Å². The van der Waals surface area contributed by atoms with E-state index in [4.69, 9.17) is 9.47 Å². The van der Waals surface area contributed by atoms with Gasteiger partial charge < -0.3 is 20.1 Å². The number of fused-ring (bicyclic) bond motifs is 2. The fourth-order valence-electron chi connectivity index (χ4n) is 3.63. The Morgan fingerprint density at radius 2 is 2.14 bits per heavy atom. The fourth-order valence-corrected chi connectivity index (χ4v) is 3.63. The molecule has 0 saturated carbocycles. The Hall–Kier alpha value is -1.79. The number of anilines is 1. The van der Waals surface area contributed by atoms with E-state index >= 15 is 0 Å². The first-order valence-electron chi connectivity index (χ1n) is 7.90. The van der Waals surface area contributed by atoms with Crippen LogP contribution in [0.25, 0.3) is 0 Å². The highest BCUT2D eigenvalue weighted by Gasteiger charge is 2.33. The number of carbonyl (C=O) groups excluding carboxylic acids is 1. The molecule has 6 nitrogen and oxygen atoms in total. The lowest BCUT2D eigenvalue weighted by Gasteiger charge is -2.33. The summed E-state index contributed by atoms with van der Waals surface area (Å²) in [5.74, 6) is 2.95. The van der Waals surface area contributed by atoms with Gasteiger partial charge in [-0.2, -0.15) is 0 Å². The van der Waals surface area contributed by atoms with Gasteiger partial charge in [0.15, 0.2) is 11.5 Å². The van der Waals surface area contributed by atoms with Crippen LogP contribution >= 0.6 is 0 Å². The van der Waals surface area contributed by atoms with E-state index in [1.807, 2.05) is 18.2 Å². The van der Waals surface area contributed by atoms with Gasteiger partial charge in [0.2, 0.25) is 12.7 Å². The summed E-state index contributed by atoms with van der Waals surface area (Å²) < 4.78 is 10.6. The summed E-state index contributed by atoms with van der Waals surface area (Å²) in [6, 6.07) is 5.49. The summed E-state index contributed by atoms with van der Waals surface area (Å²) in [4.78, 5) is 14.5. The number of benzene rings is 1. The lowest BCUT2D eigenvalue weighted by Crippen LogP contribution is -2.43. The second-order valence-corrected chi connectivity index (χ2v) is 6.32. The zero-order valence-electron chi connectivity index (χ0n) is 12.5. The van der Waals surface area contributed by atoms with Gasteiger partial charge in [0.05, 0.1) is 6.54 Å². The van der Waals surface area contributed by atoms with Crippen LogP contribution in [0, 0.1) is 11.8 Å². The molecule has 1 amide bonds. The van der Waals surface area contributed by atoms with Crippen LogP contribution in [0.1, 0.15) is 6.42 Å². The van der Waals surface area contributed by atoms with E-state index in [2.05, 4.69) is 15.5 Å². The van der Waals surface area contributed by atoms with E-state index in [1.54, 1.807) is 0 Å². The van der Waals surface area contributed by atoms with Gasteiger partial charge in [-0.25, -0.2) is 0 Å². The zero-order valence-corrected chi connectivity index (χ0v) is 12.5. The van der Waals surface area contributed by atoms with Crippen molar-refractivity contribution in [1.82, 2.24) is 10.2 Å². The molecule has 22 heavy (non-hydrogen) atoms. The summed E-state index contributed by atoms with van der Waals surface area (Å²) in [6.07, 6.45) is 1.19. The minimum atomic E-state index is 0.0308. The summed E-state index contributed by atoms with van der Waals surface area (Å²) in [5.41, 5.74) is 0.756. The summed E-state index contributed by atoms with van der Waals surface area (Å²) >= 11 is 0. The van der Waals surface area contributed by atoms with Crippen molar-refractivity contribution in [1.29, 1.82) is 0 Å². The largest absolute Gasteiger partial charge is 0.454 e. The second kappa shape index (κ2) is 5.78. The Morgan fingerprint density at radius 1 is 1.27 bits per heavy atom. The van der Waals surface area contributed by atoms with Crippen molar-refractivity contribution in [2.75, 3.05) is 44.8 Å². The van der Waals surface area contributed by atoms with Gasteiger partial charge in [-0.15, -0.1) is 0 Å². The molecule has 6 heteroatoms. The highest BCUT2D eigenvalue weighted by Crippen LogP contribution is 2.34. The molecule has 1 aromatic carbocycles. The molecule has 2 unspecified atom stereocenters. The molecule has 3 aliphatic rings. The maximum Gasteiger partial charge on any atom is 0.238 e. The van der Waals surface area contributed by atoms with Gasteiger partial charge in [-0.1, -0.05) is 0 Å². The molecule has 0 spiro atoms. The summed E-state index contributed by atoms with van der Waals surface area (Å²) in [6.45, 7) is 4.96. The molecule has 0 aromatic heterocycles. The molecule has 2 atom stereocenters. The van der Waals surface area contributed by atoms with Crippen LogP contribution in [0.15, 0.2) is 18.2 Å². The monoisotopic (exact) mass is 303 g/mol. The maximum absolute atomic E-state index is 12.2. The third-order valence-electron chi connectivity index (χ3n) is 4.81. The van der Waals surface area contributed by atoms with Gasteiger partial charge in [0, 0.05) is 18.3 Å². The number of amides is 1. The standard InChI is InChI=1S/C16H21N3O3/c20-16(9-19-4-3-11-6-17-7-12(11)8-19)18-13-1-2-14-15(5-13)22-10-21-14/h1-2,5,11-12,17H,3-4,6-10H2,(H,18,20). The smallest absolute Gasteiger partial charge is 0.238 e. The number of piperidine rings is 1.